The first-order valence-corrected chi connectivity index (χ1v) is 11.8. The maximum atomic E-state index is 12.8. The molecule has 9 heteroatoms. The zero-order valence-electron chi connectivity index (χ0n) is 19.6. The maximum Gasteiger partial charge on any atom is 0.222 e. The van der Waals surface area contributed by atoms with E-state index >= 15 is 0 Å². The van der Waals surface area contributed by atoms with Crippen LogP contribution in [0.3, 0.4) is 0 Å². The van der Waals surface area contributed by atoms with Gasteiger partial charge in [-0.05, 0) is 50.9 Å². The Hall–Kier alpha value is -2.52. The predicted octanol–water partition coefficient (Wildman–Crippen LogP) is 1.60. The lowest BCUT2D eigenvalue weighted by Gasteiger charge is -2.34. The summed E-state index contributed by atoms with van der Waals surface area (Å²) in [6.07, 6.45) is 2.38. The van der Waals surface area contributed by atoms with Crippen molar-refractivity contribution >= 4 is 11.7 Å². The van der Waals surface area contributed by atoms with Gasteiger partial charge in [-0.15, -0.1) is 10.2 Å². The molecule has 2 aromatic heterocycles. The summed E-state index contributed by atoms with van der Waals surface area (Å²) in [7, 11) is 0. The molecule has 2 fully saturated rings. The number of anilines is 1. The highest BCUT2D eigenvalue weighted by Gasteiger charge is 2.22. The lowest BCUT2D eigenvalue weighted by atomic mass is 10.1. The van der Waals surface area contributed by atoms with Crippen LogP contribution in [0.2, 0.25) is 0 Å². The topological polar surface area (TPSA) is 79.6 Å². The second-order valence-corrected chi connectivity index (χ2v) is 8.63. The van der Waals surface area contributed by atoms with Crippen molar-refractivity contribution in [3.63, 3.8) is 0 Å². The van der Waals surface area contributed by atoms with Crippen molar-refractivity contribution in [2.45, 2.75) is 40.0 Å². The number of carbonyl (C=O) groups is 1. The molecule has 2 aliphatic heterocycles. The van der Waals surface area contributed by atoms with E-state index in [4.69, 9.17) is 9.84 Å². The molecule has 0 spiro atoms. The minimum Gasteiger partial charge on any atom is -0.378 e. The number of amides is 1. The van der Waals surface area contributed by atoms with E-state index in [9.17, 15) is 4.79 Å². The third-order valence-corrected chi connectivity index (χ3v) is 6.48. The van der Waals surface area contributed by atoms with Gasteiger partial charge in [-0.1, -0.05) is 6.92 Å². The minimum atomic E-state index is 0.238. The van der Waals surface area contributed by atoms with Crippen molar-refractivity contribution in [1.82, 2.24) is 29.8 Å². The molecule has 1 amide bonds. The minimum absolute atomic E-state index is 0.238. The number of aryl methyl sites for hydroxylation is 1. The zero-order chi connectivity index (χ0) is 22.5. The molecule has 0 bridgehead atoms. The van der Waals surface area contributed by atoms with E-state index in [1.165, 1.54) is 0 Å². The molecule has 9 nitrogen and oxygen atoms in total. The molecular weight excluding hydrogens is 406 g/mol. The van der Waals surface area contributed by atoms with Crippen molar-refractivity contribution in [2.75, 3.05) is 63.9 Å². The summed E-state index contributed by atoms with van der Waals surface area (Å²) >= 11 is 0. The van der Waals surface area contributed by atoms with E-state index in [-0.39, 0.29) is 5.91 Å². The first kappa shape index (κ1) is 22.7. The molecule has 0 unspecified atom stereocenters. The third-order valence-electron chi connectivity index (χ3n) is 6.48. The Bertz CT molecular complexity index is 898. The summed E-state index contributed by atoms with van der Waals surface area (Å²) in [4.78, 5) is 19.4. The van der Waals surface area contributed by atoms with Crippen LogP contribution in [0.15, 0.2) is 12.1 Å². The van der Waals surface area contributed by atoms with E-state index in [1.807, 2.05) is 35.6 Å². The highest BCUT2D eigenvalue weighted by atomic mass is 16.5. The van der Waals surface area contributed by atoms with Gasteiger partial charge in [0.25, 0.3) is 0 Å². The van der Waals surface area contributed by atoms with Gasteiger partial charge in [-0.3, -0.25) is 9.69 Å². The standard InChI is InChI=1S/C23H35N7O2/c1-4-9-27-10-12-29(13-11-27)23(31)8-5-20-18(2)26-30(19(20)3)22-7-6-21(24-25-22)28-14-16-32-17-15-28/h6-7H,4-5,8-17H2,1-3H3. The van der Waals surface area contributed by atoms with Crippen LogP contribution in [-0.2, 0) is 16.0 Å². The van der Waals surface area contributed by atoms with Gasteiger partial charge < -0.3 is 14.5 Å². The second kappa shape index (κ2) is 10.4. The first-order chi connectivity index (χ1) is 15.6. The highest BCUT2D eigenvalue weighted by molar-refractivity contribution is 5.76. The van der Waals surface area contributed by atoms with Crippen LogP contribution in [0.4, 0.5) is 5.82 Å². The number of rotatable bonds is 7. The van der Waals surface area contributed by atoms with E-state index in [1.54, 1.807) is 0 Å². The molecule has 0 aromatic carbocycles. The summed E-state index contributed by atoms with van der Waals surface area (Å²) < 4.78 is 7.25. The van der Waals surface area contributed by atoms with Crippen molar-refractivity contribution in [3.05, 3.63) is 29.1 Å². The number of aromatic nitrogens is 4. The Labute approximate surface area is 190 Å². The smallest absolute Gasteiger partial charge is 0.222 e. The average molecular weight is 442 g/mol. The molecule has 174 valence electrons. The molecule has 2 aliphatic rings. The Morgan fingerprint density at radius 2 is 1.69 bits per heavy atom. The van der Waals surface area contributed by atoms with Crippen molar-refractivity contribution in [3.8, 4) is 5.82 Å². The average Bonchev–Trinajstić information content (AvgIpc) is 3.12. The van der Waals surface area contributed by atoms with Crippen LogP contribution in [0.25, 0.3) is 5.82 Å². The SMILES string of the molecule is CCCN1CCN(C(=O)CCc2c(C)nn(-c3ccc(N4CCOCC4)nn3)c2C)CC1. The van der Waals surface area contributed by atoms with E-state index in [0.717, 1.165) is 88.2 Å². The number of hydrogen-bond acceptors (Lipinski definition) is 7. The van der Waals surface area contributed by atoms with Gasteiger partial charge in [0.2, 0.25) is 5.91 Å². The Morgan fingerprint density at radius 3 is 2.34 bits per heavy atom. The highest BCUT2D eigenvalue weighted by Crippen LogP contribution is 2.20. The maximum absolute atomic E-state index is 12.8. The summed E-state index contributed by atoms with van der Waals surface area (Å²) in [5.74, 6) is 1.80. The Morgan fingerprint density at radius 1 is 1.00 bits per heavy atom. The monoisotopic (exact) mass is 441 g/mol. The van der Waals surface area contributed by atoms with Crippen LogP contribution >= 0.6 is 0 Å². The molecular formula is C23H35N7O2. The van der Waals surface area contributed by atoms with E-state index < -0.39 is 0 Å². The van der Waals surface area contributed by atoms with Crippen LogP contribution in [-0.4, -0.2) is 94.7 Å². The van der Waals surface area contributed by atoms with Crippen LogP contribution < -0.4 is 4.90 Å². The number of morpholine rings is 1. The second-order valence-electron chi connectivity index (χ2n) is 8.63. The summed E-state index contributed by atoms with van der Waals surface area (Å²) in [6.45, 7) is 14.1. The number of nitrogens with zero attached hydrogens (tertiary/aromatic N) is 7. The first-order valence-electron chi connectivity index (χ1n) is 11.8. The molecule has 4 heterocycles. The van der Waals surface area contributed by atoms with Gasteiger partial charge in [0, 0.05) is 51.4 Å². The van der Waals surface area contributed by atoms with E-state index in [2.05, 4.69) is 26.9 Å². The summed E-state index contributed by atoms with van der Waals surface area (Å²) in [6, 6.07) is 3.95. The van der Waals surface area contributed by atoms with Gasteiger partial charge in [0.05, 0.1) is 18.9 Å². The number of piperazine rings is 1. The van der Waals surface area contributed by atoms with Gasteiger partial charge in [0.15, 0.2) is 11.6 Å². The summed E-state index contributed by atoms with van der Waals surface area (Å²) in [5.41, 5.74) is 3.10. The molecule has 0 radical (unpaired) electrons. The largest absolute Gasteiger partial charge is 0.378 e. The Kier molecular flexibility index (Phi) is 7.36. The number of hydrogen-bond donors (Lipinski definition) is 0. The molecule has 0 aliphatic carbocycles. The molecule has 0 N–H and O–H groups in total. The Balaban J connectivity index is 1.37. The molecule has 2 saturated heterocycles. The molecule has 2 aromatic rings. The lowest BCUT2D eigenvalue weighted by molar-refractivity contribution is -0.132. The molecule has 0 saturated carbocycles. The molecule has 4 rings (SSSR count). The van der Waals surface area contributed by atoms with Crippen LogP contribution in [0.5, 0.6) is 0 Å². The van der Waals surface area contributed by atoms with Crippen molar-refractivity contribution < 1.29 is 9.53 Å². The van der Waals surface area contributed by atoms with Crippen LogP contribution in [0.1, 0.15) is 36.7 Å². The summed E-state index contributed by atoms with van der Waals surface area (Å²) in [5, 5.41) is 13.5. The lowest BCUT2D eigenvalue weighted by Crippen LogP contribution is -2.48. The molecule has 32 heavy (non-hydrogen) atoms. The van der Waals surface area contributed by atoms with Gasteiger partial charge in [-0.25, -0.2) is 4.68 Å². The number of ether oxygens (including phenoxy) is 1. The number of carbonyl (C=O) groups excluding carboxylic acids is 1. The fourth-order valence-electron chi connectivity index (χ4n) is 4.58. The van der Waals surface area contributed by atoms with E-state index in [0.29, 0.717) is 18.7 Å². The van der Waals surface area contributed by atoms with Crippen molar-refractivity contribution in [2.24, 2.45) is 0 Å². The third kappa shape index (κ3) is 5.10. The zero-order valence-corrected chi connectivity index (χ0v) is 19.6. The van der Waals surface area contributed by atoms with Crippen molar-refractivity contribution in [1.29, 1.82) is 0 Å². The predicted molar refractivity (Wildman–Crippen MR) is 123 cm³/mol. The quantitative estimate of drug-likeness (QED) is 0.646. The normalized spacial score (nSPS) is 17.7. The molecule has 0 atom stereocenters. The van der Waals surface area contributed by atoms with Gasteiger partial charge >= 0.3 is 0 Å². The fourth-order valence-corrected chi connectivity index (χ4v) is 4.58. The van der Waals surface area contributed by atoms with Gasteiger partial charge in [0.1, 0.15) is 0 Å². The fraction of sp³-hybridized carbons (Fsp3) is 0.652. The van der Waals surface area contributed by atoms with Crippen LogP contribution in [0, 0.1) is 13.8 Å². The van der Waals surface area contributed by atoms with Gasteiger partial charge in [-0.2, -0.15) is 5.10 Å².